The predicted molar refractivity (Wildman–Crippen MR) is 86.7 cm³/mol. The van der Waals surface area contributed by atoms with Crippen LogP contribution in [0, 0.1) is 12.8 Å². The second-order valence-corrected chi connectivity index (χ2v) is 5.85. The van der Waals surface area contributed by atoms with Crippen LogP contribution in [-0.2, 0) is 4.79 Å². The number of benzene rings is 2. The smallest absolute Gasteiger partial charge is 0.258 e. The first-order valence-electron chi connectivity index (χ1n) is 7.77. The van der Waals surface area contributed by atoms with Gasteiger partial charge < -0.3 is 10.1 Å². The summed E-state index contributed by atoms with van der Waals surface area (Å²) in [4.78, 5) is 12.2. The lowest BCUT2D eigenvalue weighted by molar-refractivity contribution is -0.124. The van der Waals surface area contributed by atoms with Crippen molar-refractivity contribution in [2.45, 2.75) is 25.8 Å². The Kier molecular flexibility index (Phi) is 4.42. The molecule has 1 N–H and O–H groups in total. The number of rotatable bonds is 6. The van der Waals surface area contributed by atoms with Crippen molar-refractivity contribution in [2.24, 2.45) is 5.92 Å². The summed E-state index contributed by atoms with van der Waals surface area (Å²) < 4.78 is 5.62. The van der Waals surface area contributed by atoms with Crippen LogP contribution in [0.2, 0.25) is 0 Å². The van der Waals surface area contributed by atoms with Crippen LogP contribution in [-0.4, -0.2) is 12.5 Å². The Morgan fingerprint density at radius 2 is 1.82 bits per heavy atom. The summed E-state index contributed by atoms with van der Waals surface area (Å²) in [5, 5.41) is 3.12. The van der Waals surface area contributed by atoms with Gasteiger partial charge in [-0.25, -0.2) is 0 Å². The molecule has 1 amide bonds. The Balaban J connectivity index is 1.59. The monoisotopic (exact) mass is 295 g/mol. The zero-order valence-electron chi connectivity index (χ0n) is 12.8. The van der Waals surface area contributed by atoms with Gasteiger partial charge in [0.05, 0.1) is 6.04 Å². The van der Waals surface area contributed by atoms with Crippen molar-refractivity contribution in [1.29, 1.82) is 0 Å². The molecule has 1 aliphatic rings. The summed E-state index contributed by atoms with van der Waals surface area (Å²) in [5.41, 5.74) is 2.21. The molecule has 2 aromatic carbocycles. The Hall–Kier alpha value is -2.29. The summed E-state index contributed by atoms with van der Waals surface area (Å²) >= 11 is 0. The highest BCUT2D eigenvalue weighted by Crippen LogP contribution is 2.40. The van der Waals surface area contributed by atoms with E-state index in [1.165, 1.54) is 18.4 Å². The number of nitrogens with one attached hydrogen (secondary N) is 1. The maximum atomic E-state index is 12.2. The van der Waals surface area contributed by atoms with Gasteiger partial charge in [0.2, 0.25) is 0 Å². The lowest BCUT2D eigenvalue weighted by Crippen LogP contribution is -2.33. The molecule has 1 aliphatic carbocycles. The average Bonchev–Trinajstić information content (AvgIpc) is 3.37. The first-order chi connectivity index (χ1) is 10.7. The standard InChI is InChI=1S/C19H21NO2/c1-14-7-5-6-10-17(14)22-13-18(21)20-19(16-11-12-16)15-8-3-2-4-9-15/h2-10,16,19H,11-13H2,1H3,(H,20,21)/t19-/m0/s1. The first kappa shape index (κ1) is 14.6. The summed E-state index contributed by atoms with van der Waals surface area (Å²) in [5.74, 6) is 1.26. The average molecular weight is 295 g/mol. The molecule has 2 aromatic rings. The van der Waals surface area contributed by atoms with Gasteiger partial charge in [-0.1, -0.05) is 48.5 Å². The third kappa shape index (κ3) is 3.67. The molecular formula is C19H21NO2. The van der Waals surface area contributed by atoms with E-state index in [0.29, 0.717) is 5.92 Å². The minimum Gasteiger partial charge on any atom is -0.484 e. The number of carbonyl (C=O) groups excluding carboxylic acids is 1. The summed E-state index contributed by atoms with van der Waals surface area (Å²) in [6.45, 7) is 2.03. The van der Waals surface area contributed by atoms with Gasteiger partial charge in [0.1, 0.15) is 5.75 Å². The second kappa shape index (κ2) is 6.65. The van der Waals surface area contributed by atoms with Crippen molar-refractivity contribution in [1.82, 2.24) is 5.32 Å². The Morgan fingerprint density at radius 1 is 1.14 bits per heavy atom. The molecule has 0 heterocycles. The third-order valence-electron chi connectivity index (χ3n) is 4.02. The molecule has 22 heavy (non-hydrogen) atoms. The molecule has 0 saturated heterocycles. The fourth-order valence-electron chi connectivity index (χ4n) is 2.64. The van der Waals surface area contributed by atoms with Crippen molar-refractivity contribution in [3.63, 3.8) is 0 Å². The highest BCUT2D eigenvalue weighted by Gasteiger charge is 2.33. The number of aryl methyl sites for hydroxylation is 1. The van der Waals surface area contributed by atoms with E-state index < -0.39 is 0 Å². The largest absolute Gasteiger partial charge is 0.484 e. The lowest BCUT2D eigenvalue weighted by Gasteiger charge is -2.19. The fraction of sp³-hybridized carbons (Fsp3) is 0.316. The van der Waals surface area contributed by atoms with Crippen molar-refractivity contribution < 1.29 is 9.53 Å². The fourth-order valence-corrected chi connectivity index (χ4v) is 2.64. The van der Waals surface area contributed by atoms with Crippen molar-refractivity contribution in [3.8, 4) is 5.75 Å². The zero-order valence-corrected chi connectivity index (χ0v) is 12.8. The van der Waals surface area contributed by atoms with Gasteiger partial charge in [0.25, 0.3) is 5.91 Å². The van der Waals surface area contributed by atoms with E-state index in [4.69, 9.17) is 4.74 Å². The minimum absolute atomic E-state index is 0.0565. The van der Waals surface area contributed by atoms with Crippen LogP contribution in [0.25, 0.3) is 0 Å². The van der Waals surface area contributed by atoms with E-state index in [1.54, 1.807) is 0 Å². The van der Waals surface area contributed by atoms with Crippen molar-refractivity contribution in [3.05, 3.63) is 65.7 Å². The van der Waals surface area contributed by atoms with E-state index in [-0.39, 0.29) is 18.6 Å². The number of carbonyl (C=O) groups is 1. The lowest BCUT2D eigenvalue weighted by atomic mass is 10.0. The number of para-hydroxylation sites is 1. The van der Waals surface area contributed by atoms with E-state index in [2.05, 4.69) is 17.4 Å². The molecule has 1 saturated carbocycles. The van der Waals surface area contributed by atoms with Gasteiger partial charge in [-0.15, -0.1) is 0 Å². The van der Waals surface area contributed by atoms with Gasteiger partial charge in [-0.2, -0.15) is 0 Å². The number of ether oxygens (including phenoxy) is 1. The molecule has 0 unspecified atom stereocenters. The number of hydrogen-bond donors (Lipinski definition) is 1. The second-order valence-electron chi connectivity index (χ2n) is 5.85. The van der Waals surface area contributed by atoms with Crippen LogP contribution in [0.4, 0.5) is 0 Å². The van der Waals surface area contributed by atoms with Gasteiger partial charge >= 0.3 is 0 Å². The molecule has 0 bridgehead atoms. The van der Waals surface area contributed by atoms with Gasteiger partial charge in [0, 0.05) is 0 Å². The molecular weight excluding hydrogens is 274 g/mol. The van der Waals surface area contributed by atoms with E-state index in [0.717, 1.165) is 11.3 Å². The van der Waals surface area contributed by atoms with Crippen LogP contribution >= 0.6 is 0 Å². The van der Waals surface area contributed by atoms with Gasteiger partial charge in [-0.05, 0) is 42.9 Å². The predicted octanol–water partition coefficient (Wildman–Crippen LogP) is 3.64. The summed E-state index contributed by atoms with van der Waals surface area (Å²) in [6, 6.07) is 18.0. The summed E-state index contributed by atoms with van der Waals surface area (Å²) in [7, 11) is 0. The molecule has 1 fully saturated rings. The Bertz CT molecular complexity index is 635. The van der Waals surface area contributed by atoms with Gasteiger partial charge in [0.15, 0.2) is 6.61 Å². The topological polar surface area (TPSA) is 38.3 Å². The quantitative estimate of drug-likeness (QED) is 0.883. The minimum atomic E-state index is -0.0657. The molecule has 0 radical (unpaired) electrons. The molecule has 1 atom stereocenters. The normalized spacial score (nSPS) is 15.1. The van der Waals surface area contributed by atoms with Crippen molar-refractivity contribution in [2.75, 3.05) is 6.61 Å². The van der Waals surface area contributed by atoms with Crippen molar-refractivity contribution >= 4 is 5.91 Å². The molecule has 0 aromatic heterocycles. The van der Waals surface area contributed by atoms with E-state index in [9.17, 15) is 4.79 Å². The van der Waals surface area contributed by atoms with Crippen LogP contribution in [0.5, 0.6) is 5.75 Å². The van der Waals surface area contributed by atoms with Crippen LogP contribution in [0.15, 0.2) is 54.6 Å². The van der Waals surface area contributed by atoms with Crippen LogP contribution < -0.4 is 10.1 Å². The molecule has 114 valence electrons. The first-order valence-corrected chi connectivity index (χ1v) is 7.77. The number of hydrogen-bond acceptors (Lipinski definition) is 2. The number of amides is 1. The molecule has 0 spiro atoms. The molecule has 3 rings (SSSR count). The molecule has 3 heteroatoms. The van der Waals surface area contributed by atoms with E-state index >= 15 is 0 Å². The maximum absolute atomic E-state index is 12.2. The Morgan fingerprint density at radius 3 is 2.50 bits per heavy atom. The molecule has 0 aliphatic heterocycles. The van der Waals surface area contributed by atoms with E-state index in [1.807, 2.05) is 49.4 Å². The summed E-state index contributed by atoms with van der Waals surface area (Å²) in [6.07, 6.45) is 2.36. The molecule has 3 nitrogen and oxygen atoms in total. The highest BCUT2D eigenvalue weighted by molar-refractivity contribution is 5.78. The van der Waals surface area contributed by atoms with Gasteiger partial charge in [-0.3, -0.25) is 4.79 Å². The zero-order chi connectivity index (χ0) is 15.4. The Labute approximate surface area is 131 Å². The SMILES string of the molecule is Cc1ccccc1OCC(=O)N[C@@H](c1ccccc1)C1CC1. The highest BCUT2D eigenvalue weighted by atomic mass is 16.5. The van der Waals surface area contributed by atoms with Crippen LogP contribution in [0.1, 0.15) is 30.0 Å². The maximum Gasteiger partial charge on any atom is 0.258 e. The third-order valence-corrected chi connectivity index (χ3v) is 4.02. The van der Waals surface area contributed by atoms with Crippen LogP contribution in [0.3, 0.4) is 0 Å².